The lowest BCUT2D eigenvalue weighted by molar-refractivity contribution is -0.134. The molecule has 0 aromatic carbocycles. The van der Waals surface area contributed by atoms with Crippen molar-refractivity contribution in [3.63, 3.8) is 0 Å². The summed E-state index contributed by atoms with van der Waals surface area (Å²) in [5, 5.41) is 19.0. The zero-order chi connectivity index (χ0) is 16.1. The number of ketones is 1. The maximum Gasteiger partial charge on any atom is 0.328 e. The van der Waals surface area contributed by atoms with Crippen LogP contribution < -0.4 is 5.32 Å². The molecule has 0 amide bonds. The fourth-order valence-corrected chi connectivity index (χ4v) is 2.89. The van der Waals surface area contributed by atoms with Gasteiger partial charge in [0.05, 0.1) is 0 Å². The molecule has 116 valence electrons. The molecular formula is C16H17NO5. The number of carbonyl (C=O) groups excluding carboxylic acids is 1. The molecule has 0 aromatic heterocycles. The van der Waals surface area contributed by atoms with Crippen LogP contribution in [0.15, 0.2) is 48.1 Å². The van der Waals surface area contributed by atoms with E-state index in [0.29, 0.717) is 24.0 Å². The van der Waals surface area contributed by atoms with Crippen molar-refractivity contribution in [3.8, 4) is 0 Å². The first-order chi connectivity index (χ1) is 10.5. The molecule has 3 atom stereocenters. The van der Waals surface area contributed by atoms with Crippen molar-refractivity contribution >= 4 is 17.7 Å². The van der Waals surface area contributed by atoms with Gasteiger partial charge in [-0.3, -0.25) is 4.79 Å². The third kappa shape index (κ3) is 3.79. The number of carboxylic acids is 2. The van der Waals surface area contributed by atoms with E-state index in [-0.39, 0.29) is 11.7 Å². The minimum absolute atomic E-state index is 0.105. The van der Waals surface area contributed by atoms with Gasteiger partial charge in [-0.2, -0.15) is 0 Å². The highest BCUT2D eigenvalue weighted by Crippen LogP contribution is 2.38. The van der Waals surface area contributed by atoms with Crippen LogP contribution in [0, 0.1) is 17.8 Å². The summed E-state index contributed by atoms with van der Waals surface area (Å²) in [6.45, 7) is 1.93. The highest BCUT2D eigenvalue weighted by molar-refractivity contribution is 5.95. The highest BCUT2D eigenvalue weighted by Gasteiger charge is 2.39. The number of fused-ring (bicyclic) bond motifs is 3. The van der Waals surface area contributed by atoms with Crippen LogP contribution in [0.1, 0.15) is 0 Å². The summed E-state index contributed by atoms with van der Waals surface area (Å²) in [6, 6.07) is 0. The normalized spacial score (nSPS) is 28.5. The average Bonchev–Trinajstić information content (AvgIpc) is 2.94. The van der Waals surface area contributed by atoms with Crippen molar-refractivity contribution < 1.29 is 24.6 Å². The Morgan fingerprint density at radius 2 is 1.77 bits per heavy atom. The maximum atomic E-state index is 11.8. The first-order valence-corrected chi connectivity index (χ1v) is 6.93. The molecule has 2 aliphatic carbocycles. The van der Waals surface area contributed by atoms with Crippen LogP contribution in [0.4, 0.5) is 0 Å². The summed E-state index contributed by atoms with van der Waals surface area (Å²) in [5.41, 5.74) is 1.30. The van der Waals surface area contributed by atoms with Gasteiger partial charge in [-0.1, -0.05) is 24.3 Å². The molecule has 0 aromatic rings. The second kappa shape index (κ2) is 7.00. The standard InChI is InChI=1S/C12H13NO.C4H4O4/c14-12-5-8-6-13-7-11(8)9-3-1-2-4-10(9)12;5-3(6)1-2-4(7)8/h1-5,9-11,13H,6-7H2;1-2H,(H,5,6)(H,7,8)/b;2-1+. The quantitative estimate of drug-likeness (QED) is 0.651. The molecule has 1 heterocycles. The monoisotopic (exact) mass is 303 g/mol. The minimum atomic E-state index is -1.26. The third-order valence-corrected chi connectivity index (χ3v) is 3.84. The van der Waals surface area contributed by atoms with Gasteiger partial charge in [-0.15, -0.1) is 0 Å². The number of carboxylic acid groups (broad SMARTS) is 2. The van der Waals surface area contributed by atoms with Crippen molar-refractivity contribution in [2.45, 2.75) is 0 Å². The number of hydrogen-bond acceptors (Lipinski definition) is 4. The Balaban J connectivity index is 0.000000192. The summed E-state index contributed by atoms with van der Waals surface area (Å²) in [4.78, 5) is 30.9. The third-order valence-electron chi connectivity index (χ3n) is 3.84. The van der Waals surface area contributed by atoms with E-state index in [2.05, 4.69) is 17.5 Å². The molecule has 0 saturated carbocycles. The van der Waals surface area contributed by atoms with Gasteiger partial charge in [0.15, 0.2) is 5.78 Å². The SMILES string of the molecule is O=C(O)/C=C/C(=O)O.O=C1C=C2CNCC2C2C=CC=CC12. The zero-order valence-electron chi connectivity index (χ0n) is 11.8. The van der Waals surface area contributed by atoms with Crippen LogP contribution in [-0.4, -0.2) is 41.0 Å². The lowest BCUT2D eigenvalue weighted by atomic mass is 9.71. The molecule has 6 nitrogen and oxygen atoms in total. The summed E-state index contributed by atoms with van der Waals surface area (Å²) in [7, 11) is 0. The molecule has 0 spiro atoms. The van der Waals surface area contributed by atoms with Gasteiger partial charge in [0.25, 0.3) is 0 Å². The van der Waals surface area contributed by atoms with Crippen LogP contribution in [-0.2, 0) is 14.4 Å². The topological polar surface area (TPSA) is 104 Å². The van der Waals surface area contributed by atoms with Crippen LogP contribution in [0.2, 0.25) is 0 Å². The smallest absolute Gasteiger partial charge is 0.328 e. The maximum absolute atomic E-state index is 11.8. The van der Waals surface area contributed by atoms with E-state index in [1.165, 1.54) is 5.57 Å². The summed E-state index contributed by atoms with van der Waals surface area (Å²) < 4.78 is 0. The van der Waals surface area contributed by atoms with Crippen molar-refractivity contribution in [2.24, 2.45) is 17.8 Å². The molecule has 0 bridgehead atoms. The van der Waals surface area contributed by atoms with Crippen molar-refractivity contribution in [1.82, 2.24) is 5.32 Å². The average molecular weight is 303 g/mol. The Labute approximate surface area is 127 Å². The largest absolute Gasteiger partial charge is 0.478 e. The molecule has 22 heavy (non-hydrogen) atoms. The van der Waals surface area contributed by atoms with Crippen molar-refractivity contribution in [1.29, 1.82) is 0 Å². The Bertz CT molecular complexity index is 584. The number of nitrogens with one attached hydrogen (secondary N) is 1. The van der Waals surface area contributed by atoms with E-state index in [4.69, 9.17) is 10.2 Å². The van der Waals surface area contributed by atoms with E-state index in [9.17, 15) is 14.4 Å². The highest BCUT2D eigenvalue weighted by atomic mass is 16.4. The predicted molar refractivity (Wildman–Crippen MR) is 79.1 cm³/mol. The van der Waals surface area contributed by atoms with E-state index in [0.717, 1.165) is 13.1 Å². The van der Waals surface area contributed by atoms with E-state index >= 15 is 0 Å². The molecule has 1 saturated heterocycles. The number of rotatable bonds is 2. The summed E-state index contributed by atoms with van der Waals surface area (Å²) in [6.07, 6.45) is 11.3. The fraction of sp³-hybridized carbons (Fsp3) is 0.312. The van der Waals surface area contributed by atoms with Gasteiger partial charge in [-0.05, 0) is 17.6 Å². The van der Waals surface area contributed by atoms with Crippen molar-refractivity contribution in [2.75, 3.05) is 13.1 Å². The molecule has 6 heteroatoms. The second-order valence-electron chi connectivity index (χ2n) is 5.24. The van der Waals surface area contributed by atoms with Gasteiger partial charge in [-0.25, -0.2) is 9.59 Å². The van der Waals surface area contributed by atoms with Gasteiger partial charge < -0.3 is 15.5 Å². The molecule has 3 aliphatic rings. The van der Waals surface area contributed by atoms with E-state index in [1.807, 2.05) is 18.2 Å². The lowest BCUT2D eigenvalue weighted by Gasteiger charge is -2.31. The number of allylic oxidation sites excluding steroid dienone is 5. The molecular weight excluding hydrogens is 286 g/mol. The van der Waals surface area contributed by atoms with Gasteiger partial charge >= 0.3 is 11.9 Å². The zero-order valence-corrected chi connectivity index (χ0v) is 11.8. The summed E-state index contributed by atoms with van der Waals surface area (Å²) in [5.74, 6) is -1.17. The second-order valence-corrected chi connectivity index (χ2v) is 5.24. The Hall–Kier alpha value is -2.47. The van der Waals surface area contributed by atoms with Gasteiger partial charge in [0.1, 0.15) is 0 Å². The lowest BCUT2D eigenvalue weighted by Crippen LogP contribution is -2.33. The van der Waals surface area contributed by atoms with Crippen LogP contribution in [0.25, 0.3) is 0 Å². The van der Waals surface area contributed by atoms with Gasteiger partial charge in [0, 0.05) is 37.1 Å². The first kappa shape index (κ1) is 15.9. The number of carbonyl (C=O) groups is 3. The van der Waals surface area contributed by atoms with E-state index in [1.54, 1.807) is 0 Å². The summed E-state index contributed by atoms with van der Waals surface area (Å²) >= 11 is 0. The predicted octanol–water partition coefficient (Wildman–Crippen LogP) is 0.785. The molecule has 3 rings (SSSR count). The molecule has 3 unspecified atom stereocenters. The Kier molecular flexibility index (Phi) is 5.06. The molecule has 1 fully saturated rings. The number of hydrogen-bond donors (Lipinski definition) is 3. The van der Waals surface area contributed by atoms with Crippen LogP contribution in [0.3, 0.4) is 0 Å². The number of aliphatic carboxylic acids is 2. The molecule has 1 aliphatic heterocycles. The first-order valence-electron chi connectivity index (χ1n) is 6.93. The van der Waals surface area contributed by atoms with Crippen molar-refractivity contribution in [3.05, 3.63) is 48.1 Å². The Morgan fingerprint density at radius 3 is 2.41 bits per heavy atom. The molecule has 0 radical (unpaired) electrons. The van der Waals surface area contributed by atoms with Gasteiger partial charge in [0.2, 0.25) is 0 Å². The molecule has 3 N–H and O–H groups in total. The van der Waals surface area contributed by atoms with Crippen LogP contribution >= 0.6 is 0 Å². The Morgan fingerprint density at radius 1 is 1.14 bits per heavy atom. The van der Waals surface area contributed by atoms with E-state index < -0.39 is 11.9 Å². The van der Waals surface area contributed by atoms with Crippen LogP contribution in [0.5, 0.6) is 0 Å². The minimum Gasteiger partial charge on any atom is -0.478 e. The fourth-order valence-electron chi connectivity index (χ4n) is 2.89.